The van der Waals surface area contributed by atoms with E-state index in [0.29, 0.717) is 12.8 Å². The third-order valence-corrected chi connectivity index (χ3v) is 2.59. The van der Waals surface area contributed by atoms with Crippen LogP contribution < -0.4 is 10.6 Å². The number of carbonyl (C=O) groups excluding carboxylic acids is 2. The van der Waals surface area contributed by atoms with Crippen molar-refractivity contribution in [3.63, 3.8) is 0 Å². The highest BCUT2D eigenvalue weighted by atomic mass is 32.2. The van der Waals surface area contributed by atoms with E-state index in [4.69, 9.17) is 6.42 Å². The molecule has 5 heteroatoms. The largest absolute Gasteiger partial charge is 0.344 e. The third kappa shape index (κ3) is 6.36. The smallest absolute Gasteiger partial charge is 0.243 e. The molecule has 0 saturated heterocycles. The molecule has 2 amide bonds. The number of thioether (sulfide) groups is 1. The van der Waals surface area contributed by atoms with E-state index in [0.717, 1.165) is 5.75 Å². The molecule has 0 rings (SSSR count). The molecule has 0 aromatic heterocycles. The van der Waals surface area contributed by atoms with Gasteiger partial charge in [-0.05, 0) is 18.4 Å². The summed E-state index contributed by atoms with van der Waals surface area (Å²) in [4.78, 5) is 22.9. The molecule has 0 spiro atoms. The van der Waals surface area contributed by atoms with Gasteiger partial charge >= 0.3 is 0 Å². The highest BCUT2D eigenvalue weighted by molar-refractivity contribution is 7.98. The Morgan fingerprint density at radius 3 is 2.69 bits per heavy atom. The molecule has 90 valence electrons. The molecule has 0 saturated carbocycles. The number of amides is 2. The number of terminal acetylenes is 1. The van der Waals surface area contributed by atoms with Gasteiger partial charge < -0.3 is 10.6 Å². The van der Waals surface area contributed by atoms with Gasteiger partial charge in [0.2, 0.25) is 11.8 Å². The van der Waals surface area contributed by atoms with Gasteiger partial charge in [-0.2, -0.15) is 11.8 Å². The second kappa shape index (κ2) is 9.10. The first-order chi connectivity index (χ1) is 7.65. The summed E-state index contributed by atoms with van der Waals surface area (Å²) in [5.74, 6) is 2.81. The lowest BCUT2D eigenvalue weighted by molar-refractivity contribution is -0.128. The Morgan fingerprint density at radius 1 is 1.50 bits per heavy atom. The number of hydrogen-bond donors (Lipinski definition) is 2. The summed E-state index contributed by atoms with van der Waals surface area (Å²) in [5, 5.41) is 5.25. The highest BCUT2D eigenvalue weighted by Crippen LogP contribution is 2.01. The molecule has 0 aromatic carbocycles. The molecule has 0 aliphatic carbocycles. The molecule has 0 aliphatic heterocycles. The second-order valence-corrected chi connectivity index (χ2v) is 4.16. The number of nitrogens with one attached hydrogen (secondary N) is 2. The van der Waals surface area contributed by atoms with E-state index in [-0.39, 0.29) is 18.4 Å². The van der Waals surface area contributed by atoms with Crippen LogP contribution in [0.2, 0.25) is 0 Å². The fourth-order valence-corrected chi connectivity index (χ4v) is 1.53. The van der Waals surface area contributed by atoms with Crippen LogP contribution in [0.25, 0.3) is 0 Å². The monoisotopic (exact) mass is 242 g/mol. The maximum atomic E-state index is 11.6. The standard InChI is InChI=1S/C11H18N2O2S/c1-4-7-12-11(15)9(6-8-16-3)13-10(14)5-2/h1,9H,5-8H2,2-3H3,(H,12,15)(H,13,14). The summed E-state index contributed by atoms with van der Waals surface area (Å²) in [6.07, 6.45) is 7.99. The summed E-state index contributed by atoms with van der Waals surface area (Å²) in [5.41, 5.74) is 0. The second-order valence-electron chi connectivity index (χ2n) is 3.18. The molecule has 1 atom stereocenters. The summed E-state index contributed by atoms with van der Waals surface area (Å²) >= 11 is 1.63. The van der Waals surface area contributed by atoms with Crippen molar-refractivity contribution < 1.29 is 9.59 Å². The number of carbonyl (C=O) groups is 2. The van der Waals surface area contributed by atoms with Crippen LogP contribution in [0.1, 0.15) is 19.8 Å². The maximum absolute atomic E-state index is 11.6. The molecule has 0 radical (unpaired) electrons. The Bertz CT molecular complexity index is 274. The Labute approximate surface area is 101 Å². The minimum Gasteiger partial charge on any atom is -0.344 e. The average molecular weight is 242 g/mol. The van der Waals surface area contributed by atoms with Crippen LogP contribution in [0.3, 0.4) is 0 Å². The first-order valence-electron chi connectivity index (χ1n) is 5.15. The van der Waals surface area contributed by atoms with Crippen molar-refractivity contribution in [1.82, 2.24) is 10.6 Å². The Hall–Kier alpha value is -1.15. The van der Waals surface area contributed by atoms with E-state index in [1.807, 2.05) is 6.26 Å². The molecule has 1 unspecified atom stereocenters. The molecule has 0 heterocycles. The summed E-state index contributed by atoms with van der Waals surface area (Å²) < 4.78 is 0. The van der Waals surface area contributed by atoms with Gasteiger partial charge in [-0.15, -0.1) is 6.42 Å². The third-order valence-electron chi connectivity index (χ3n) is 1.95. The van der Waals surface area contributed by atoms with Crippen LogP contribution in [0.5, 0.6) is 0 Å². The van der Waals surface area contributed by atoms with Gasteiger partial charge in [-0.25, -0.2) is 0 Å². The zero-order chi connectivity index (χ0) is 12.4. The normalized spacial score (nSPS) is 11.3. The van der Waals surface area contributed by atoms with E-state index in [9.17, 15) is 9.59 Å². The van der Waals surface area contributed by atoms with Crippen molar-refractivity contribution in [3.05, 3.63) is 0 Å². The van der Waals surface area contributed by atoms with E-state index in [2.05, 4.69) is 16.6 Å². The highest BCUT2D eigenvalue weighted by Gasteiger charge is 2.18. The maximum Gasteiger partial charge on any atom is 0.243 e. The number of rotatable bonds is 7. The van der Waals surface area contributed by atoms with E-state index < -0.39 is 6.04 Å². The topological polar surface area (TPSA) is 58.2 Å². The van der Waals surface area contributed by atoms with Gasteiger partial charge in [0.05, 0.1) is 6.54 Å². The molecule has 4 nitrogen and oxygen atoms in total. The van der Waals surface area contributed by atoms with E-state index >= 15 is 0 Å². The molecule has 0 fully saturated rings. The van der Waals surface area contributed by atoms with Crippen LogP contribution in [0, 0.1) is 12.3 Å². The fourth-order valence-electron chi connectivity index (χ4n) is 1.06. The number of hydrogen-bond acceptors (Lipinski definition) is 3. The van der Waals surface area contributed by atoms with Gasteiger partial charge in [-0.3, -0.25) is 9.59 Å². The first kappa shape index (κ1) is 14.8. The molecule has 0 aliphatic rings. The average Bonchev–Trinajstić information content (AvgIpc) is 2.30. The summed E-state index contributed by atoms with van der Waals surface area (Å²) in [6.45, 7) is 1.94. The quantitative estimate of drug-likeness (QED) is 0.635. The Kier molecular flexibility index (Phi) is 8.45. The molecule has 2 N–H and O–H groups in total. The molecule has 0 bridgehead atoms. The fraction of sp³-hybridized carbons (Fsp3) is 0.636. The van der Waals surface area contributed by atoms with Gasteiger partial charge in [0.15, 0.2) is 0 Å². The molecular formula is C11H18N2O2S. The van der Waals surface area contributed by atoms with Gasteiger partial charge in [0, 0.05) is 6.42 Å². The van der Waals surface area contributed by atoms with Crippen molar-refractivity contribution in [3.8, 4) is 12.3 Å². The first-order valence-corrected chi connectivity index (χ1v) is 6.54. The van der Waals surface area contributed by atoms with Crippen molar-refractivity contribution in [2.75, 3.05) is 18.6 Å². The molecular weight excluding hydrogens is 224 g/mol. The Morgan fingerprint density at radius 2 is 2.19 bits per heavy atom. The van der Waals surface area contributed by atoms with Crippen molar-refractivity contribution in [2.24, 2.45) is 0 Å². The van der Waals surface area contributed by atoms with Gasteiger partial charge in [0.25, 0.3) is 0 Å². The van der Waals surface area contributed by atoms with Crippen LogP contribution in [0.15, 0.2) is 0 Å². The van der Waals surface area contributed by atoms with Crippen molar-refractivity contribution in [1.29, 1.82) is 0 Å². The lowest BCUT2D eigenvalue weighted by atomic mass is 10.2. The summed E-state index contributed by atoms with van der Waals surface area (Å²) in [7, 11) is 0. The minimum atomic E-state index is -0.478. The zero-order valence-corrected chi connectivity index (χ0v) is 10.5. The lowest BCUT2D eigenvalue weighted by Gasteiger charge is -2.16. The van der Waals surface area contributed by atoms with Gasteiger partial charge in [0.1, 0.15) is 6.04 Å². The van der Waals surface area contributed by atoms with Crippen molar-refractivity contribution >= 4 is 23.6 Å². The lowest BCUT2D eigenvalue weighted by Crippen LogP contribution is -2.47. The van der Waals surface area contributed by atoms with Gasteiger partial charge in [-0.1, -0.05) is 12.8 Å². The Balaban J connectivity index is 4.23. The van der Waals surface area contributed by atoms with E-state index in [1.165, 1.54) is 0 Å². The van der Waals surface area contributed by atoms with Crippen molar-refractivity contribution in [2.45, 2.75) is 25.8 Å². The molecule has 0 aromatic rings. The zero-order valence-electron chi connectivity index (χ0n) is 9.71. The van der Waals surface area contributed by atoms with Crippen LogP contribution in [-0.4, -0.2) is 36.4 Å². The SMILES string of the molecule is C#CCNC(=O)C(CCSC)NC(=O)CC. The predicted molar refractivity (Wildman–Crippen MR) is 67.1 cm³/mol. The van der Waals surface area contributed by atoms with Crippen LogP contribution in [0.4, 0.5) is 0 Å². The van der Waals surface area contributed by atoms with E-state index in [1.54, 1.807) is 18.7 Å². The van der Waals surface area contributed by atoms with Crippen LogP contribution >= 0.6 is 11.8 Å². The predicted octanol–water partition coefficient (Wildman–Crippen LogP) is 0.384. The summed E-state index contributed by atoms with van der Waals surface area (Å²) in [6, 6.07) is -0.478. The minimum absolute atomic E-state index is 0.123. The molecule has 16 heavy (non-hydrogen) atoms. The van der Waals surface area contributed by atoms with Crippen LogP contribution in [-0.2, 0) is 9.59 Å².